The van der Waals surface area contributed by atoms with Crippen LogP contribution in [0.4, 0.5) is 10.1 Å². The molecule has 0 saturated heterocycles. The number of nitrogens with two attached hydrogens (primary N) is 1. The minimum absolute atomic E-state index is 0.206. The van der Waals surface area contributed by atoms with Crippen molar-refractivity contribution in [2.45, 2.75) is 13.3 Å². The molecule has 0 bridgehead atoms. The zero-order valence-corrected chi connectivity index (χ0v) is 5.89. The number of anilines is 1. The van der Waals surface area contributed by atoms with Crippen LogP contribution in [0.2, 0.25) is 0 Å². The fourth-order valence-electron chi connectivity index (χ4n) is 0.948. The van der Waals surface area contributed by atoms with Crippen LogP contribution in [0.5, 0.6) is 0 Å². The zero-order chi connectivity index (χ0) is 7.56. The van der Waals surface area contributed by atoms with Gasteiger partial charge >= 0.3 is 0 Å². The predicted octanol–water partition coefficient (Wildman–Crippen LogP) is 1.97. The second kappa shape index (κ2) is 2.69. The minimum Gasteiger partial charge on any atom is -0.398 e. The van der Waals surface area contributed by atoms with E-state index in [1.807, 2.05) is 6.92 Å². The van der Waals surface area contributed by atoms with Gasteiger partial charge in [0, 0.05) is 11.3 Å². The summed E-state index contributed by atoms with van der Waals surface area (Å²) in [5.41, 5.74) is 6.65. The SMILES string of the molecule is CCc1c(N)cccc1F. The molecule has 1 aromatic rings. The van der Waals surface area contributed by atoms with Crippen LogP contribution in [0, 0.1) is 5.82 Å². The Hall–Kier alpha value is -1.05. The highest BCUT2D eigenvalue weighted by Crippen LogP contribution is 2.15. The summed E-state index contributed by atoms with van der Waals surface area (Å²) in [6.45, 7) is 1.88. The van der Waals surface area contributed by atoms with Gasteiger partial charge in [0.05, 0.1) is 0 Å². The van der Waals surface area contributed by atoms with E-state index >= 15 is 0 Å². The summed E-state index contributed by atoms with van der Waals surface area (Å²) in [5, 5.41) is 0. The van der Waals surface area contributed by atoms with Crippen molar-refractivity contribution in [3.05, 3.63) is 29.6 Å². The highest BCUT2D eigenvalue weighted by Gasteiger charge is 2.00. The third kappa shape index (κ3) is 1.10. The maximum absolute atomic E-state index is 12.8. The zero-order valence-electron chi connectivity index (χ0n) is 5.89. The number of rotatable bonds is 1. The first-order chi connectivity index (χ1) is 4.75. The molecule has 2 N–H and O–H groups in total. The van der Waals surface area contributed by atoms with Crippen molar-refractivity contribution in [3.63, 3.8) is 0 Å². The van der Waals surface area contributed by atoms with Gasteiger partial charge in [-0.25, -0.2) is 4.39 Å². The second-order valence-electron chi connectivity index (χ2n) is 2.16. The first-order valence-corrected chi connectivity index (χ1v) is 3.28. The van der Waals surface area contributed by atoms with Gasteiger partial charge in [0.25, 0.3) is 0 Å². The van der Waals surface area contributed by atoms with Crippen molar-refractivity contribution >= 4 is 5.69 Å². The lowest BCUT2D eigenvalue weighted by Gasteiger charge is -2.01. The Bertz CT molecular complexity index is 212. The molecule has 0 aliphatic rings. The first-order valence-electron chi connectivity index (χ1n) is 3.28. The van der Waals surface area contributed by atoms with Crippen LogP contribution in [0.1, 0.15) is 12.5 Å². The van der Waals surface area contributed by atoms with E-state index in [1.54, 1.807) is 12.1 Å². The molecule has 0 radical (unpaired) electrons. The van der Waals surface area contributed by atoms with Crippen LogP contribution in [0.25, 0.3) is 0 Å². The van der Waals surface area contributed by atoms with E-state index in [0.717, 1.165) is 0 Å². The van der Waals surface area contributed by atoms with Gasteiger partial charge in [-0.1, -0.05) is 13.0 Å². The predicted molar refractivity (Wildman–Crippen MR) is 40.2 cm³/mol. The van der Waals surface area contributed by atoms with Crippen molar-refractivity contribution in [2.24, 2.45) is 0 Å². The van der Waals surface area contributed by atoms with E-state index in [-0.39, 0.29) is 5.82 Å². The minimum atomic E-state index is -0.206. The quantitative estimate of drug-likeness (QED) is 0.591. The fraction of sp³-hybridized carbons (Fsp3) is 0.250. The van der Waals surface area contributed by atoms with Gasteiger partial charge in [-0.2, -0.15) is 0 Å². The summed E-state index contributed by atoms with van der Waals surface area (Å²) in [6.07, 6.45) is 0.651. The van der Waals surface area contributed by atoms with Crippen LogP contribution in [0.3, 0.4) is 0 Å². The van der Waals surface area contributed by atoms with E-state index in [4.69, 9.17) is 5.73 Å². The molecule has 1 nitrogen and oxygen atoms in total. The molecule has 0 atom stereocenters. The van der Waals surface area contributed by atoms with Crippen molar-refractivity contribution in [2.75, 3.05) is 5.73 Å². The van der Waals surface area contributed by atoms with Crippen molar-refractivity contribution in [3.8, 4) is 0 Å². The second-order valence-corrected chi connectivity index (χ2v) is 2.16. The monoisotopic (exact) mass is 139 g/mol. The lowest BCUT2D eigenvalue weighted by molar-refractivity contribution is 0.613. The average Bonchev–Trinajstić information content (AvgIpc) is 1.88. The summed E-state index contributed by atoms with van der Waals surface area (Å²) >= 11 is 0. The van der Waals surface area contributed by atoms with Gasteiger partial charge in [-0.3, -0.25) is 0 Å². The van der Waals surface area contributed by atoms with Crippen LogP contribution in [-0.4, -0.2) is 0 Å². The van der Waals surface area contributed by atoms with Gasteiger partial charge in [-0.15, -0.1) is 0 Å². The Morgan fingerprint density at radius 3 is 2.60 bits per heavy atom. The molecule has 0 aliphatic heterocycles. The molecule has 0 saturated carbocycles. The molecule has 10 heavy (non-hydrogen) atoms. The molecule has 0 unspecified atom stereocenters. The van der Waals surface area contributed by atoms with Gasteiger partial charge in [-0.05, 0) is 18.6 Å². The largest absolute Gasteiger partial charge is 0.398 e. The summed E-state index contributed by atoms with van der Waals surface area (Å²) in [7, 11) is 0. The topological polar surface area (TPSA) is 26.0 Å². The molecule has 1 aromatic carbocycles. The van der Waals surface area contributed by atoms with E-state index in [2.05, 4.69) is 0 Å². The van der Waals surface area contributed by atoms with Crippen LogP contribution in [0.15, 0.2) is 18.2 Å². The Labute approximate surface area is 59.7 Å². The van der Waals surface area contributed by atoms with Gasteiger partial charge in [0.15, 0.2) is 0 Å². The van der Waals surface area contributed by atoms with Gasteiger partial charge in [0.2, 0.25) is 0 Å². The Balaban J connectivity index is 3.17. The highest BCUT2D eigenvalue weighted by molar-refractivity contribution is 5.46. The molecule has 2 heteroatoms. The molecule has 0 amide bonds. The van der Waals surface area contributed by atoms with E-state index in [1.165, 1.54) is 6.07 Å². The maximum Gasteiger partial charge on any atom is 0.128 e. The summed E-state index contributed by atoms with van der Waals surface area (Å²) in [4.78, 5) is 0. The smallest absolute Gasteiger partial charge is 0.128 e. The van der Waals surface area contributed by atoms with Crippen molar-refractivity contribution < 1.29 is 4.39 Å². The summed E-state index contributed by atoms with van der Waals surface area (Å²) < 4.78 is 12.8. The normalized spacial score (nSPS) is 9.80. The Morgan fingerprint density at radius 2 is 2.20 bits per heavy atom. The van der Waals surface area contributed by atoms with E-state index in [0.29, 0.717) is 17.7 Å². The van der Waals surface area contributed by atoms with Crippen LogP contribution < -0.4 is 5.73 Å². The molecule has 1 rings (SSSR count). The molecule has 54 valence electrons. The fourth-order valence-corrected chi connectivity index (χ4v) is 0.948. The van der Waals surface area contributed by atoms with Gasteiger partial charge < -0.3 is 5.73 Å². The lowest BCUT2D eigenvalue weighted by Crippen LogP contribution is -1.95. The molecular weight excluding hydrogens is 129 g/mol. The third-order valence-electron chi connectivity index (χ3n) is 1.51. The number of halogens is 1. The average molecular weight is 139 g/mol. The van der Waals surface area contributed by atoms with E-state index in [9.17, 15) is 4.39 Å². The van der Waals surface area contributed by atoms with Gasteiger partial charge in [0.1, 0.15) is 5.82 Å². The molecule has 0 aromatic heterocycles. The number of nitrogen functional groups attached to an aromatic ring is 1. The standard InChI is InChI=1S/C8H10FN/c1-2-6-7(9)4-3-5-8(6)10/h3-5H,2,10H2,1H3. The third-order valence-corrected chi connectivity index (χ3v) is 1.51. The number of hydrogen-bond acceptors (Lipinski definition) is 1. The number of benzene rings is 1. The Morgan fingerprint density at radius 1 is 1.50 bits per heavy atom. The summed E-state index contributed by atoms with van der Waals surface area (Å²) in [6, 6.07) is 4.75. The Kier molecular flexibility index (Phi) is 1.90. The molecular formula is C8H10FN. The first kappa shape index (κ1) is 7.06. The van der Waals surface area contributed by atoms with Crippen LogP contribution in [-0.2, 0) is 6.42 Å². The summed E-state index contributed by atoms with van der Waals surface area (Å²) in [5.74, 6) is -0.206. The van der Waals surface area contributed by atoms with Crippen LogP contribution >= 0.6 is 0 Å². The molecule has 0 aliphatic carbocycles. The molecule has 0 heterocycles. The highest BCUT2D eigenvalue weighted by atomic mass is 19.1. The van der Waals surface area contributed by atoms with Crippen molar-refractivity contribution in [1.82, 2.24) is 0 Å². The number of hydrogen-bond donors (Lipinski definition) is 1. The van der Waals surface area contributed by atoms with Crippen molar-refractivity contribution in [1.29, 1.82) is 0 Å². The molecule has 0 fully saturated rings. The lowest BCUT2D eigenvalue weighted by atomic mass is 10.1. The maximum atomic E-state index is 12.8. The van der Waals surface area contributed by atoms with E-state index < -0.39 is 0 Å². The molecule has 0 spiro atoms.